The van der Waals surface area contributed by atoms with Crippen molar-refractivity contribution in [3.8, 4) is 0 Å². The Kier molecular flexibility index (Phi) is 3.60. The lowest BCUT2D eigenvalue weighted by atomic mass is 10.3. The van der Waals surface area contributed by atoms with Crippen molar-refractivity contribution in [1.82, 2.24) is 0 Å². The zero-order valence-electron chi connectivity index (χ0n) is 18.8. The molecular formula is C30H16O4P2. The monoisotopic (exact) mass is 502 g/mol. The van der Waals surface area contributed by atoms with Gasteiger partial charge < -0.3 is 17.7 Å². The van der Waals surface area contributed by atoms with Crippen LogP contribution in [0.2, 0.25) is 0 Å². The van der Waals surface area contributed by atoms with Crippen molar-refractivity contribution in [1.29, 1.82) is 0 Å². The highest BCUT2D eigenvalue weighted by molar-refractivity contribution is 7.64. The Labute approximate surface area is 204 Å². The van der Waals surface area contributed by atoms with E-state index in [1.165, 1.54) is 15.4 Å². The smallest absolute Gasteiger partial charge is 0.154 e. The lowest BCUT2D eigenvalue weighted by Crippen LogP contribution is -1.83. The minimum Gasteiger partial charge on any atom is -0.455 e. The third-order valence-corrected chi connectivity index (χ3v) is 12.2. The zero-order valence-corrected chi connectivity index (χ0v) is 20.6. The van der Waals surface area contributed by atoms with E-state index in [0.29, 0.717) is 0 Å². The molecular weight excluding hydrogens is 486 g/mol. The highest BCUT2D eigenvalue weighted by atomic mass is 31.1. The molecule has 0 bridgehead atoms. The number of rotatable bonds is 0. The minimum absolute atomic E-state index is 0.841. The number of fused-ring (bicyclic) bond motifs is 9. The van der Waals surface area contributed by atoms with Crippen LogP contribution in [-0.4, -0.2) is 0 Å². The van der Waals surface area contributed by atoms with Crippen LogP contribution in [0.5, 0.6) is 0 Å². The zero-order chi connectivity index (χ0) is 23.4. The van der Waals surface area contributed by atoms with E-state index in [0.717, 1.165) is 60.0 Å². The fraction of sp³-hybridized carbons (Fsp3) is 0. The van der Waals surface area contributed by atoms with Crippen LogP contribution in [0.25, 0.3) is 75.4 Å². The van der Waals surface area contributed by atoms with Gasteiger partial charge in [0.2, 0.25) is 0 Å². The average molecular weight is 502 g/mol. The predicted octanol–water partition coefficient (Wildman–Crippen LogP) is 11.0. The summed E-state index contributed by atoms with van der Waals surface area (Å²) in [4.78, 5) is 0. The van der Waals surface area contributed by atoms with Gasteiger partial charge in [-0.2, -0.15) is 0 Å². The molecule has 6 heteroatoms. The fourth-order valence-corrected chi connectivity index (χ4v) is 10.9. The summed E-state index contributed by atoms with van der Waals surface area (Å²) in [5.74, 6) is 0. The second-order valence-corrected chi connectivity index (χ2v) is 13.1. The number of benzene rings is 5. The van der Waals surface area contributed by atoms with Gasteiger partial charge in [0, 0.05) is 15.4 Å². The number of hydrogen-bond donors (Lipinski definition) is 0. The molecule has 36 heavy (non-hydrogen) atoms. The van der Waals surface area contributed by atoms with E-state index >= 15 is 0 Å². The standard InChI is InChI=1S/C30H16O4P2/c1-3-13-24-17(7-1)31-19-9-6-12-22-28(19)35(24)26-16-15-23-30(27(26)34-22)36-25-14-4-2-8-18(25)32-20-10-5-11-21(33-23)29(20)36/h1-16H. The van der Waals surface area contributed by atoms with E-state index in [2.05, 4.69) is 54.6 Å². The van der Waals surface area contributed by atoms with E-state index < -0.39 is 14.7 Å². The summed E-state index contributed by atoms with van der Waals surface area (Å²) < 4.78 is 26.0. The van der Waals surface area contributed by atoms with Gasteiger partial charge >= 0.3 is 0 Å². The average Bonchev–Trinajstić information content (AvgIpc) is 2.92. The van der Waals surface area contributed by atoms with Crippen LogP contribution in [0, 0.1) is 0 Å². The maximum absolute atomic E-state index is 6.80. The molecule has 9 aromatic rings. The maximum Gasteiger partial charge on any atom is 0.154 e. The summed E-state index contributed by atoms with van der Waals surface area (Å²) in [6, 6.07) is 33.2. The summed E-state index contributed by atoms with van der Waals surface area (Å²) in [5.41, 5.74) is 7.07. The van der Waals surface area contributed by atoms with Crippen LogP contribution >= 0.6 is 14.7 Å². The Morgan fingerprint density at radius 3 is 1.47 bits per heavy atom. The molecule has 0 N–H and O–H groups in total. The van der Waals surface area contributed by atoms with Crippen LogP contribution in [0.4, 0.5) is 0 Å². The van der Waals surface area contributed by atoms with Gasteiger partial charge in [-0.05, 0) is 60.7 Å². The molecule has 5 aromatic carbocycles. The van der Waals surface area contributed by atoms with E-state index in [9.17, 15) is 0 Å². The summed E-state index contributed by atoms with van der Waals surface area (Å²) in [6.45, 7) is 0. The van der Waals surface area contributed by atoms with Gasteiger partial charge in [-0.1, -0.05) is 51.1 Å². The molecule has 0 fully saturated rings. The van der Waals surface area contributed by atoms with Crippen LogP contribution in [0.1, 0.15) is 0 Å². The Morgan fingerprint density at radius 1 is 0.333 bits per heavy atom. The molecule has 9 rings (SSSR count). The van der Waals surface area contributed by atoms with Gasteiger partial charge in [0.05, 0.1) is 15.4 Å². The minimum atomic E-state index is -0.932. The normalized spacial score (nSPS) is 13.4. The second-order valence-electron chi connectivity index (χ2n) is 8.98. The van der Waals surface area contributed by atoms with Crippen molar-refractivity contribution in [2.45, 2.75) is 0 Å². The van der Waals surface area contributed by atoms with E-state index in [1.54, 1.807) is 0 Å². The third kappa shape index (κ3) is 2.36. The van der Waals surface area contributed by atoms with Crippen LogP contribution < -0.4 is 0 Å². The van der Waals surface area contributed by atoms with Crippen LogP contribution in [-0.2, 0) is 0 Å². The van der Waals surface area contributed by atoms with E-state index in [1.807, 2.05) is 42.5 Å². The van der Waals surface area contributed by atoms with Crippen LogP contribution in [0.3, 0.4) is 0 Å². The largest absolute Gasteiger partial charge is 0.455 e. The van der Waals surface area contributed by atoms with Gasteiger partial charge in [0.1, 0.15) is 39.1 Å². The highest BCUT2D eigenvalue weighted by Crippen LogP contribution is 2.56. The first-order valence-electron chi connectivity index (χ1n) is 11.8. The number of hydrogen-bond acceptors (Lipinski definition) is 4. The molecule has 0 radical (unpaired) electrons. The van der Waals surface area contributed by atoms with Gasteiger partial charge in [-0.25, -0.2) is 0 Å². The lowest BCUT2D eigenvalue weighted by Gasteiger charge is -2.15. The molecule has 0 saturated heterocycles. The molecule has 0 aliphatic heterocycles. The van der Waals surface area contributed by atoms with Gasteiger partial charge in [0.25, 0.3) is 0 Å². The first-order chi connectivity index (χ1) is 17.8. The maximum atomic E-state index is 6.80. The third-order valence-electron chi connectivity index (χ3n) is 6.99. The summed E-state index contributed by atoms with van der Waals surface area (Å²) in [5, 5.41) is 7.01. The molecule has 4 nitrogen and oxygen atoms in total. The van der Waals surface area contributed by atoms with Crippen molar-refractivity contribution < 1.29 is 17.7 Å². The molecule has 0 saturated carbocycles. The fourth-order valence-electron chi connectivity index (χ4n) is 5.53. The van der Waals surface area contributed by atoms with E-state index in [-0.39, 0.29) is 0 Å². The van der Waals surface area contributed by atoms with Crippen molar-refractivity contribution in [2.24, 2.45) is 0 Å². The summed E-state index contributed by atoms with van der Waals surface area (Å²) in [6.07, 6.45) is 0. The Morgan fingerprint density at radius 2 is 0.806 bits per heavy atom. The van der Waals surface area contributed by atoms with Gasteiger partial charge in [-0.3, -0.25) is 0 Å². The summed E-state index contributed by atoms with van der Waals surface area (Å²) >= 11 is 0. The quantitative estimate of drug-likeness (QED) is 0.153. The lowest BCUT2D eigenvalue weighted by molar-refractivity contribution is 0.646. The van der Waals surface area contributed by atoms with Crippen molar-refractivity contribution in [3.05, 3.63) is 97.1 Å². The van der Waals surface area contributed by atoms with Crippen molar-refractivity contribution in [3.63, 3.8) is 0 Å². The Hall–Kier alpha value is -4.10. The van der Waals surface area contributed by atoms with Gasteiger partial charge in [0.15, 0.2) is 5.58 Å². The Balaban J connectivity index is 1.67. The molecule has 170 valence electrons. The molecule has 0 spiro atoms. The van der Waals surface area contributed by atoms with Crippen LogP contribution in [0.15, 0.2) is 115 Å². The molecule has 0 aliphatic carbocycles. The van der Waals surface area contributed by atoms with Crippen molar-refractivity contribution >= 4 is 90.1 Å². The Bertz CT molecular complexity index is 2370. The number of para-hydroxylation sites is 2. The van der Waals surface area contributed by atoms with E-state index in [4.69, 9.17) is 17.7 Å². The molecule has 2 unspecified atom stereocenters. The molecule has 4 heterocycles. The molecule has 2 atom stereocenters. The SMILES string of the molecule is c1ccc2c(c1)oc1cccc3oc4c(ccc5oc6cccc7oc8ccccc8p(c76)c54)p2c13. The van der Waals surface area contributed by atoms with Gasteiger partial charge in [-0.15, -0.1) is 0 Å². The molecule has 0 amide bonds. The molecule has 4 aromatic heterocycles. The van der Waals surface area contributed by atoms with Crippen molar-refractivity contribution in [2.75, 3.05) is 0 Å². The predicted molar refractivity (Wildman–Crippen MR) is 150 cm³/mol. The first-order valence-corrected chi connectivity index (χ1v) is 14.5. The highest BCUT2D eigenvalue weighted by Gasteiger charge is 2.21. The first kappa shape index (κ1) is 19.1. The topological polar surface area (TPSA) is 52.6 Å². The molecule has 0 aliphatic rings. The second kappa shape index (κ2) is 6.77. The summed E-state index contributed by atoms with van der Waals surface area (Å²) in [7, 11) is -1.77.